The average molecular weight is 242 g/mol. The number of aromatic nitrogens is 1. The summed E-state index contributed by atoms with van der Waals surface area (Å²) >= 11 is 8.42. The fourth-order valence-corrected chi connectivity index (χ4v) is 2.73. The first-order chi connectivity index (χ1) is 6.18. The van der Waals surface area contributed by atoms with Crippen molar-refractivity contribution < 1.29 is 8.78 Å². The van der Waals surface area contributed by atoms with E-state index in [4.69, 9.17) is 11.6 Å². The van der Waals surface area contributed by atoms with Gasteiger partial charge in [-0.25, -0.2) is 4.98 Å². The average Bonchev–Trinajstić information content (AvgIpc) is 2.45. The van der Waals surface area contributed by atoms with E-state index in [1.807, 2.05) is 0 Å². The lowest BCUT2D eigenvalue weighted by atomic mass is 10.5. The van der Waals surface area contributed by atoms with E-state index in [1.54, 1.807) is 6.20 Å². The van der Waals surface area contributed by atoms with E-state index in [9.17, 15) is 8.78 Å². The van der Waals surface area contributed by atoms with Gasteiger partial charge in [0, 0.05) is 5.75 Å². The zero-order valence-electron chi connectivity index (χ0n) is 6.47. The highest BCUT2D eigenvalue weighted by Crippen LogP contribution is 2.28. The van der Waals surface area contributed by atoms with Gasteiger partial charge in [-0.1, -0.05) is 22.9 Å². The Morgan fingerprint density at radius 2 is 2.46 bits per heavy atom. The molecule has 1 aromatic rings. The maximum atomic E-state index is 11.6. The van der Waals surface area contributed by atoms with E-state index >= 15 is 0 Å². The summed E-state index contributed by atoms with van der Waals surface area (Å²) in [4.78, 5) is 3.83. The Labute approximate surface area is 87.8 Å². The molecule has 0 spiro atoms. The Kier molecular flexibility index (Phi) is 4.69. The van der Waals surface area contributed by atoms with Crippen LogP contribution in [0.25, 0.3) is 0 Å². The molecular weight excluding hydrogens is 236 g/mol. The fraction of sp³-hybridized carbons (Fsp3) is 0.286. The van der Waals surface area contributed by atoms with Crippen LogP contribution in [0.4, 0.5) is 8.78 Å². The highest BCUT2D eigenvalue weighted by atomic mass is 35.5. The summed E-state index contributed by atoms with van der Waals surface area (Å²) in [6.45, 7) is 0. The monoisotopic (exact) mass is 241 g/mol. The number of rotatable bonds is 4. The van der Waals surface area contributed by atoms with E-state index in [-0.39, 0.29) is 0 Å². The van der Waals surface area contributed by atoms with Crippen LogP contribution >= 0.6 is 34.7 Å². The molecule has 0 aliphatic rings. The second-order valence-electron chi connectivity index (χ2n) is 2.06. The van der Waals surface area contributed by atoms with Gasteiger partial charge >= 0.3 is 0 Å². The molecule has 0 saturated carbocycles. The number of nitrogens with zero attached hydrogens (tertiary/aromatic N) is 1. The second-order valence-corrected chi connectivity index (χ2v) is 5.07. The largest absolute Gasteiger partial charge is 0.266 e. The Hall–Kier alpha value is -0.130. The SMILES string of the molecule is FC(F)=CCCSc1cnc(Cl)s1. The highest BCUT2D eigenvalue weighted by Gasteiger charge is 1.99. The third-order valence-corrected chi connectivity index (χ3v) is 3.46. The Balaban J connectivity index is 2.24. The van der Waals surface area contributed by atoms with Crippen LogP contribution < -0.4 is 0 Å². The van der Waals surface area contributed by atoms with Crippen molar-refractivity contribution >= 4 is 34.7 Å². The summed E-state index contributed by atoms with van der Waals surface area (Å²) < 4.78 is 24.6. The van der Waals surface area contributed by atoms with E-state index in [0.29, 0.717) is 16.6 Å². The van der Waals surface area contributed by atoms with Crippen molar-refractivity contribution in [2.45, 2.75) is 10.6 Å². The molecule has 0 amide bonds. The van der Waals surface area contributed by atoms with E-state index in [2.05, 4.69) is 4.98 Å². The summed E-state index contributed by atoms with van der Waals surface area (Å²) in [5, 5.41) is 0. The molecule has 1 nitrogen and oxygen atoms in total. The number of hydrogen-bond donors (Lipinski definition) is 0. The number of thiazole rings is 1. The van der Waals surface area contributed by atoms with E-state index in [0.717, 1.165) is 10.3 Å². The molecule has 0 unspecified atom stereocenters. The summed E-state index contributed by atoms with van der Waals surface area (Å²) in [5.41, 5.74) is 0. The maximum absolute atomic E-state index is 11.6. The topological polar surface area (TPSA) is 12.9 Å². The van der Waals surface area contributed by atoms with Gasteiger partial charge in [-0.3, -0.25) is 0 Å². The lowest BCUT2D eigenvalue weighted by Crippen LogP contribution is -1.73. The number of hydrogen-bond acceptors (Lipinski definition) is 3. The standard InChI is InChI=1S/C7H6ClF2NS2/c8-7-11-4-6(13-7)12-3-1-2-5(9)10/h2,4H,1,3H2. The number of thioether (sulfide) groups is 1. The van der Waals surface area contributed by atoms with Gasteiger partial charge in [-0.05, 0) is 12.5 Å². The van der Waals surface area contributed by atoms with Crippen LogP contribution in [-0.2, 0) is 0 Å². The molecule has 0 fully saturated rings. The summed E-state index contributed by atoms with van der Waals surface area (Å²) in [5.74, 6) is 0.621. The summed E-state index contributed by atoms with van der Waals surface area (Å²) in [6, 6.07) is 0. The normalized spacial score (nSPS) is 10.1. The highest BCUT2D eigenvalue weighted by molar-refractivity contribution is 8.01. The molecular formula is C7H6ClF2NS2. The van der Waals surface area contributed by atoms with Gasteiger partial charge in [0.2, 0.25) is 0 Å². The Morgan fingerprint density at radius 1 is 1.69 bits per heavy atom. The predicted molar refractivity (Wildman–Crippen MR) is 52.8 cm³/mol. The van der Waals surface area contributed by atoms with Crippen molar-refractivity contribution in [3.05, 3.63) is 22.8 Å². The van der Waals surface area contributed by atoms with Crippen LogP contribution in [0.3, 0.4) is 0 Å². The molecule has 6 heteroatoms. The third kappa shape index (κ3) is 4.59. The van der Waals surface area contributed by atoms with Crippen molar-refractivity contribution in [2.75, 3.05) is 5.75 Å². The van der Waals surface area contributed by atoms with Gasteiger partial charge < -0.3 is 0 Å². The first-order valence-corrected chi connectivity index (χ1v) is 5.62. The second kappa shape index (κ2) is 5.57. The minimum Gasteiger partial charge on any atom is -0.232 e. The number of allylic oxidation sites excluding steroid dienone is 1. The zero-order valence-corrected chi connectivity index (χ0v) is 8.86. The lowest BCUT2D eigenvalue weighted by Gasteiger charge is -1.91. The minimum absolute atomic E-state index is 0.364. The van der Waals surface area contributed by atoms with E-state index < -0.39 is 6.08 Å². The molecule has 1 rings (SSSR count). The van der Waals surface area contributed by atoms with Gasteiger partial charge in [0.05, 0.1) is 10.4 Å². The zero-order chi connectivity index (χ0) is 9.68. The molecule has 0 radical (unpaired) electrons. The van der Waals surface area contributed by atoms with Gasteiger partial charge in [0.15, 0.2) is 4.47 Å². The maximum Gasteiger partial charge on any atom is 0.266 e. The van der Waals surface area contributed by atoms with Crippen LogP contribution in [-0.4, -0.2) is 10.7 Å². The van der Waals surface area contributed by atoms with Crippen LogP contribution in [0.1, 0.15) is 6.42 Å². The van der Waals surface area contributed by atoms with Gasteiger partial charge in [0.25, 0.3) is 6.08 Å². The first kappa shape index (κ1) is 10.9. The molecule has 0 aliphatic carbocycles. The lowest BCUT2D eigenvalue weighted by molar-refractivity contribution is 0.418. The fourth-order valence-electron chi connectivity index (χ4n) is 0.633. The third-order valence-electron chi connectivity index (χ3n) is 1.12. The molecule has 0 aromatic carbocycles. The van der Waals surface area contributed by atoms with E-state index in [1.165, 1.54) is 23.1 Å². The molecule has 0 N–H and O–H groups in total. The van der Waals surface area contributed by atoms with Crippen LogP contribution in [0, 0.1) is 0 Å². The molecule has 1 aromatic heterocycles. The van der Waals surface area contributed by atoms with Crippen LogP contribution in [0.5, 0.6) is 0 Å². The first-order valence-electron chi connectivity index (χ1n) is 3.44. The van der Waals surface area contributed by atoms with Crippen molar-refractivity contribution in [1.29, 1.82) is 0 Å². The molecule has 0 bridgehead atoms. The van der Waals surface area contributed by atoms with Gasteiger partial charge in [0.1, 0.15) is 0 Å². The Morgan fingerprint density at radius 3 is 3.00 bits per heavy atom. The molecule has 0 aliphatic heterocycles. The van der Waals surface area contributed by atoms with Crippen molar-refractivity contribution in [3.8, 4) is 0 Å². The van der Waals surface area contributed by atoms with Gasteiger partial charge in [-0.2, -0.15) is 8.78 Å². The molecule has 72 valence electrons. The molecule has 0 atom stereocenters. The smallest absolute Gasteiger partial charge is 0.232 e. The van der Waals surface area contributed by atoms with Crippen molar-refractivity contribution in [3.63, 3.8) is 0 Å². The van der Waals surface area contributed by atoms with Crippen LogP contribution in [0.2, 0.25) is 4.47 Å². The summed E-state index contributed by atoms with van der Waals surface area (Å²) in [7, 11) is 0. The Bertz CT molecular complexity index is 296. The van der Waals surface area contributed by atoms with Crippen molar-refractivity contribution in [2.24, 2.45) is 0 Å². The molecule has 1 heterocycles. The summed E-state index contributed by atoms with van der Waals surface area (Å²) in [6.07, 6.45) is 1.30. The predicted octanol–water partition coefficient (Wildman–Crippen LogP) is 4.06. The quantitative estimate of drug-likeness (QED) is 0.583. The molecule has 13 heavy (non-hydrogen) atoms. The van der Waals surface area contributed by atoms with Crippen molar-refractivity contribution in [1.82, 2.24) is 4.98 Å². The minimum atomic E-state index is -1.62. The number of halogens is 3. The molecule has 0 saturated heterocycles. The van der Waals surface area contributed by atoms with Gasteiger partial charge in [-0.15, -0.1) is 11.8 Å². The van der Waals surface area contributed by atoms with Crippen LogP contribution in [0.15, 0.2) is 22.6 Å².